The van der Waals surface area contributed by atoms with Gasteiger partial charge in [0.05, 0.1) is 0 Å². The third-order valence-corrected chi connectivity index (χ3v) is 3.00. The molecule has 0 fully saturated rings. The summed E-state index contributed by atoms with van der Waals surface area (Å²) >= 11 is 0. The number of esters is 1. The highest BCUT2D eigenvalue weighted by atomic mass is 16.5. The van der Waals surface area contributed by atoms with E-state index in [4.69, 9.17) is 4.74 Å². The zero-order valence-electron chi connectivity index (χ0n) is 9.26. The zero-order chi connectivity index (χ0) is 10.6. The van der Waals surface area contributed by atoms with Crippen LogP contribution in [0.15, 0.2) is 12.7 Å². The Hall–Kier alpha value is -0.790. The number of ether oxygens (including phenoxy) is 1. The minimum absolute atomic E-state index is 0.00132. The van der Waals surface area contributed by atoms with Crippen LogP contribution in [0.4, 0.5) is 0 Å². The van der Waals surface area contributed by atoms with E-state index in [0.717, 1.165) is 0 Å². The lowest BCUT2D eigenvalue weighted by atomic mass is 9.77. The molecule has 1 unspecified atom stereocenters. The van der Waals surface area contributed by atoms with Gasteiger partial charge in [0, 0.05) is 11.5 Å². The molecule has 0 amide bonds. The van der Waals surface area contributed by atoms with Gasteiger partial charge in [-0.25, -0.2) is 4.79 Å². The van der Waals surface area contributed by atoms with Gasteiger partial charge >= 0.3 is 5.97 Å². The van der Waals surface area contributed by atoms with Crippen LogP contribution >= 0.6 is 0 Å². The lowest BCUT2D eigenvalue weighted by molar-refractivity contribution is -0.149. The van der Waals surface area contributed by atoms with Crippen molar-refractivity contribution in [3.8, 4) is 0 Å². The van der Waals surface area contributed by atoms with Crippen LogP contribution in [0, 0.1) is 11.3 Å². The van der Waals surface area contributed by atoms with E-state index in [9.17, 15) is 4.79 Å². The lowest BCUT2D eigenvalue weighted by Crippen LogP contribution is -2.35. The smallest absolute Gasteiger partial charge is 0.330 e. The van der Waals surface area contributed by atoms with Gasteiger partial charge in [0.25, 0.3) is 0 Å². The molecule has 0 aromatic rings. The molecule has 1 atom stereocenters. The Labute approximate surface area is 81.0 Å². The summed E-state index contributed by atoms with van der Waals surface area (Å²) in [7, 11) is 0. The molecule has 2 heteroatoms. The molecule has 0 radical (unpaired) electrons. The van der Waals surface area contributed by atoms with Gasteiger partial charge in [-0.3, -0.25) is 0 Å². The van der Waals surface area contributed by atoms with E-state index < -0.39 is 0 Å². The fraction of sp³-hybridized carbons (Fsp3) is 0.727. The summed E-state index contributed by atoms with van der Waals surface area (Å²) in [5.74, 6) is 0.126. The van der Waals surface area contributed by atoms with Gasteiger partial charge < -0.3 is 4.74 Å². The highest BCUT2D eigenvalue weighted by molar-refractivity contribution is 5.81. The van der Waals surface area contributed by atoms with E-state index >= 15 is 0 Å². The van der Waals surface area contributed by atoms with Crippen molar-refractivity contribution in [3.05, 3.63) is 12.7 Å². The molecule has 0 saturated heterocycles. The van der Waals surface area contributed by atoms with Gasteiger partial charge in [0.1, 0.15) is 6.10 Å². The van der Waals surface area contributed by atoms with Crippen molar-refractivity contribution in [2.75, 3.05) is 0 Å². The third-order valence-electron chi connectivity index (χ3n) is 3.00. The molecular formula is C11H20O2. The first-order chi connectivity index (χ1) is 5.82. The Bertz CT molecular complexity index is 192. The van der Waals surface area contributed by atoms with Crippen molar-refractivity contribution in [3.63, 3.8) is 0 Å². The predicted octanol–water partition coefficient (Wildman–Crippen LogP) is 2.79. The first-order valence-corrected chi connectivity index (χ1v) is 4.65. The molecule has 2 nitrogen and oxygen atoms in total. The minimum atomic E-state index is -0.346. The summed E-state index contributed by atoms with van der Waals surface area (Å²) in [5, 5.41) is 0. The zero-order valence-corrected chi connectivity index (χ0v) is 9.26. The van der Waals surface area contributed by atoms with Crippen molar-refractivity contribution in [1.82, 2.24) is 0 Å². The molecule has 0 aliphatic carbocycles. The quantitative estimate of drug-likeness (QED) is 0.496. The van der Waals surface area contributed by atoms with Crippen LogP contribution in [0.3, 0.4) is 0 Å². The Balaban J connectivity index is 4.32. The molecule has 76 valence electrons. The van der Waals surface area contributed by atoms with Crippen LogP contribution in [0.5, 0.6) is 0 Å². The topological polar surface area (TPSA) is 26.3 Å². The summed E-state index contributed by atoms with van der Waals surface area (Å²) in [5.41, 5.74) is -0.00132. The molecule has 0 aliphatic rings. The third kappa shape index (κ3) is 3.21. The molecule has 0 N–H and O–H groups in total. The lowest BCUT2D eigenvalue weighted by Gasteiger charge is -2.34. The molecule has 0 aliphatic heterocycles. The molecule has 0 bridgehead atoms. The van der Waals surface area contributed by atoms with E-state index in [1.807, 2.05) is 6.92 Å². The molecule has 0 saturated carbocycles. The second kappa shape index (κ2) is 4.45. The number of hydrogen-bond acceptors (Lipinski definition) is 2. The standard InChI is InChI=1S/C11H20O2/c1-7-10(12)13-9(4)11(5,6)8(2)3/h7-9H,1H2,2-6H3. The molecule has 0 aromatic carbocycles. The Morgan fingerprint density at radius 2 is 1.85 bits per heavy atom. The van der Waals surface area contributed by atoms with Crippen LogP contribution in [-0.2, 0) is 9.53 Å². The maximum Gasteiger partial charge on any atom is 0.330 e. The normalized spacial score (nSPS) is 14.0. The average molecular weight is 184 g/mol. The van der Waals surface area contributed by atoms with E-state index in [1.54, 1.807) is 0 Å². The van der Waals surface area contributed by atoms with Gasteiger partial charge in [0.15, 0.2) is 0 Å². The Kier molecular flexibility index (Phi) is 4.18. The molecule has 0 heterocycles. The van der Waals surface area contributed by atoms with E-state index in [0.29, 0.717) is 5.92 Å². The predicted molar refractivity (Wildman–Crippen MR) is 54.4 cm³/mol. The van der Waals surface area contributed by atoms with Gasteiger partial charge in [-0.2, -0.15) is 0 Å². The summed E-state index contributed by atoms with van der Waals surface area (Å²) in [6.45, 7) is 13.7. The van der Waals surface area contributed by atoms with Crippen LogP contribution in [0.25, 0.3) is 0 Å². The Morgan fingerprint density at radius 1 is 1.38 bits per heavy atom. The fourth-order valence-electron chi connectivity index (χ4n) is 0.844. The number of carbonyl (C=O) groups excluding carboxylic acids is 1. The van der Waals surface area contributed by atoms with Crippen LogP contribution < -0.4 is 0 Å². The minimum Gasteiger partial charge on any atom is -0.459 e. The van der Waals surface area contributed by atoms with Gasteiger partial charge in [-0.1, -0.05) is 34.3 Å². The monoisotopic (exact) mass is 184 g/mol. The number of rotatable bonds is 4. The van der Waals surface area contributed by atoms with Gasteiger partial charge in [-0.05, 0) is 12.8 Å². The molecule has 0 rings (SSSR count). The number of hydrogen-bond donors (Lipinski definition) is 0. The summed E-state index contributed by atoms with van der Waals surface area (Å²) in [6.07, 6.45) is 1.12. The SMILES string of the molecule is C=CC(=O)OC(C)C(C)(C)C(C)C. The second-order valence-corrected chi connectivity index (χ2v) is 4.26. The van der Waals surface area contributed by atoms with Crippen molar-refractivity contribution in [2.45, 2.75) is 40.7 Å². The van der Waals surface area contributed by atoms with Crippen molar-refractivity contribution >= 4 is 5.97 Å². The van der Waals surface area contributed by atoms with Crippen LogP contribution in [0.1, 0.15) is 34.6 Å². The molecule has 0 spiro atoms. The van der Waals surface area contributed by atoms with E-state index in [-0.39, 0.29) is 17.5 Å². The first-order valence-electron chi connectivity index (χ1n) is 4.65. The van der Waals surface area contributed by atoms with Crippen LogP contribution in [-0.4, -0.2) is 12.1 Å². The van der Waals surface area contributed by atoms with Crippen molar-refractivity contribution in [1.29, 1.82) is 0 Å². The van der Waals surface area contributed by atoms with Crippen molar-refractivity contribution in [2.24, 2.45) is 11.3 Å². The maximum absolute atomic E-state index is 11.0. The Morgan fingerprint density at radius 3 is 2.15 bits per heavy atom. The fourth-order valence-corrected chi connectivity index (χ4v) is 0.844. The highest BCUT2D eigenvalue weighted by Crippen LogP contribution is 2.31. The van der Waals surface area contributed by atoms with E-state index in [2.05, 4.69) is 34.3 Å². The van der Waals surface area contributed by atoms with Crippen LogP contribution in [0.2, 0.25) is 0 Å². The largest absolute Gasteiger partial charge is 0.459 e. The summed E-state index contributed by atoms with van der Waals surface area (Å²) in [6, 6.07) is 0. The first kappa shape index (κ1) is 12.2. The summed E-state index contributed by atoms with van der Waals surface area (Å²) in [4.78, 5) is 11.0. The van der Waals surface area contributed by atoms with Gasteiger partial charge in [-0.15, -0.1) is 0 Å². The molecule has 0 aromatic heterocycles. The highest BCUT2D eigenvalue weighted by Gasteiger charge is 2.31. The summed E-state index contributed by atoms with van der Waals surface area (Å²) < 4.78 is 5.17. The molecular weight excluding hydrogens is 164 g/mol. The van der Waals surface area contributed by atoms with Crippen molar-refractivity contribution < 1.29 is 9.53 Å². The maximum atomic E-state index is 11.0. The number of carbonyl (C=O) groups is 1. The van der Waals surface area contributed by atoms with E-state index in [1.165, 1.54) is 6.08 Å². The molecule has 13 heavy (non-hydrogen) atoms. The van der Waals surface area contributed by atoms with Gasteiger partial charge in [0.2, 0.25) is 0 Å². The second-order valence-electron chi connectivity index (χ2n) is 4.26. The average Bonchev–Trinajstić information content (AvgIpc) is 2.03.